The highest BCUT2D eigenvalue weighted by Gasteiger charge is 2.27. The summed E-state index contributed by atoms with van der Waals surface area (Å²) in [5.41, 5.74) is 4.62. The molecule has 4 aromatic rings. The van der Waals surface area contributed by atoms with Crippen LogP contribution in [0, 0.1) is 36.8 Å². The summed E-state index contributed by atoms with van der Waals surface area (Å²) in [7, 11) is 0. The second-order valence-corrected chi connectivity index (χ2v) is 9.65. The zero-order valence-corrected chi connectivity index (χ0v) is 22.1. The number of piperazine rings is 1. The first-order valence-corrected chi connectivity index (χ1v) is 12.9. The van der Waals surface area contributed by atoms with Gasteiger partial charge < -0.3 is 20.1 Å². The zero-order valence-electron chi connectivity index (χ0n) is 22.1. The lowest BCUT2D eigenvalue weighted by Crippen LogP contribution is -2.48. The van der Waals surface area contributed by atoms with Gasteiger partial charge in [0, 0.05) is 31.9 Å². The summed E-state index contributed by atoms with van der Waals surface area (Å²) in [6.45, 7) is 6.07. The third-order valence-electron chi connectivity index (χ3n) is 7.04. The van der Waals surface area contributed by atoms with E-state index in [1.165, 1.54) is 24.3 Å². The molecule has 0 bridgehead atoms. The number of carbonyl (C=O) groups excluding carboxylic acids is 1. The smallest absolute Gasteiger partial charge is 0.323 e. The molecule has 1 aliphatic heterocycles. The minimum absolute atomic E-state index is 0.165. The molecule has 8 nitrogen and oxygen atoms in total. The lowest BCUT2D eigenvalue weighted by molar-refractivity contribution is 0.212. The van der Waals surface area contributed by atoms with Crippen molar-refractivity contribution in [3.05, 3.63) is 107 Å². The monoisotopic (exact) mass is 542 g/mol. The van der Waals surface area contributed by atoms with Crippen LogP contribution in [-0.2, 0) is 0 Å². The van der Waals surface area contributed by atoms with E-state index >= 15 is 0 Å². The molecule has 5 rings (SSSR count). The number of nitriles is 1. The fourth-order valence-corrected chi connectivity index (χ4v) is 5.04. The van der Waals surface area contributed by atoms with Gasteiger partial charge >= 0.3 is 6.03 Å². The summed E-state index contributed by atoms with van der Waals surface area (Å²) in [5, 5.41) is 19.2. The second kappa shape index (κ2) is 11.6. The number of anilines is 3. The number of carbonyl (C=O) groups is 1. The van der Waals surface area contributed by atoms with Gasteiger partial charge in [0.25, 0.3) is 0 Å². The van der Waals surface area contributed by atoms with Gasteiger partial charge in [-0.3, -0.25) is 4.90 Å². The Balaban J connectivity index is 1.29. The first-order chi connectivity index (χ1) is 19.3. The van der Waals surface area contributed by atoms with Crippen LogP contribution in [0.2, 0.25) is 0 Å². The summed E-state index contributed by atoms with van der Waals surface area (Å²) in [6, 6.07) is 19.6. The van der Waals surface area contributed by atoms with Crippen molar-refractivity contribution in [3.8, 4) is 6.07 Å². The van der Waals surface area contributed by atoms with Gasteiger partial charge in [0.2, 0.25) is 0 Å². The number of nitrogens with one attached hydrogen (secondary N) is 2. The van der Waals surface area contributed by atoms with E-state index in [0.29, 0.717) is 54.6 Å². The van der Waals surface area contributed by atoms with Gasteiger partial charge in [-0.05, 0) is 67.4 Å². The van der Waals surface area contributed by atoms with E-state index in [1.54, 1.807) is 50.2 Å². The molecule has 0 radical (unpaired) electrons. The Morgan fingerprint density at radius 1 is 0.925 bits per heavy atom. The summed E-state index contributed by atoms with van der Waals surface area (Å²) in [6.07, 6.45) is 0. The summed E-state index contributed by atoms with van der Waals surface area (Å²) >= 11 is 0. The molecule has 0 saturated carbocycles. The highest BCUT2D eigenvalue weighted by atomic mass is 19.1. The van der Waals surface area contributed by atoms with Crippen LogP contribution in [0.5, 0.6) is 0 Å². The number of rotatable bonds is 6. The van der Waals surface area contributed by atoms with Crippen molar-refractivity contribution in [1.29, 1.82) is 5.26 Å². The average molecular weight is 543 g/mol. The number of halogens is 2. The van der Waals surface area contributed by atoms with E-state index in [4.69, 9.17) is 4.52 Å². The second-order valence-electron chi connectivity index (χ2n) is 9.65. The third-order valence-corrected chi connectivity index (χ3v) is 7.04. The molecule has 204 valence electrons. The Morgan fingerprint density at radius 2 is 1.52 bits per heavy atom. The molecule has 0 unspecified atom stereocenters. The molecule has 40 heavy (non-hydrogen) atoms. The zero-order chi connectivity index (χ0) is 28.2. The van der Waals surface area contributed by atoms with E-state index in [1.807, 2.05) is 6.07 Å². The molecule has 1 aromatic heterocycles. The maximum atomic E-state index is 13.6. The third kappa shape index (κ3) is 5.80. The molecular formula is C30H28F2N6O2. The van der Waals surface area contributed by atoms with Crippen molar-refractivity contribution < 1.29 is 18.1 Å². The molecule has 1 aliphatic rings. The van der Waals surface area contributed by atoms with Crippen molar-refractivity contribution in [2.24, 2.45) is 0 Å². The topological polar surface area (TPSA) is 97.4 Å². The molecule has 2 N–H and O–H groups in total. The van der Waals surface area contributed by atoms with Crippen LogP contribution in [0.25, 0.3) is 0 Å². The van der Waals surface area contributed by atoms with E-state index in [9.17, 15) is 18.8 Å². The molecule has 2 amide bonds. The molecule has 3 aromatic carbocycles. The fourth-order valence-electron chi connectivity index (χ4n) is 5.04. The van der Waals surface area contributed by atoms with Crippen LogP contribution in [0.1, 0.15) is 34.2 Å². The number of aromatic nitrogens is 1. The molecule has 0 aliphatic carbocycles. The summed E-state index contributed by atoms with van der Waals surface area (Å²) in [4.78, 5) is 16.9. The lowest BCUT2D eigenvalue weighted by atomic mass is 9.96. The minimum atomic E-state index is -0.465. The Labute approximate surface area is 230 Å². The average Bonchev–Trinajstić information content (AvgIpc) is 3.27. The van der Waals surface area contributed by atoms with Gasteiger partial charge in [0.05, 0.1) is 17.3 Å². The Bertz CT molecular complexity index is 1470. The SMILES string of the molecule is Cc1noc(C)c1NC(=O)Nc1ccc(N2CCN(C(c3ccc(F)cc3)c3ccc(F)cc3)CC2)c(C#N)c1. The first-order valence-electron chi connectivity index (χ1n) is 12.9. The van der Waals surface area contributed by atoms with Gasteiger partial charge in [0.1, 0.15) is 29.1 Å². The van der Waals surface area contributed by atoms with E-state index in [0.717, 1.165) is 16.8 Å². The Hall–Kier alpha value is -4.75. The van der Waals surface area contributed by atoms with Crippen LogP contribution in [0.15, 0.2) is 71.3 Å². The molecule has 1 saturated heterocycles. The predicted molar refractivity (Wildman–Crippen MR) is 148 cm³/mol. The molecule has 0 atom stereocenters. The van der Waals surface area contributed by atoms with Crippen molar-refractivity contribution in [3.63, 3.8) is 0 Å². The standard InChI is InChI=1S/C30H28F2N6O2/c1-19-28(20(2)40-36-19)35-30(39)34-26-11-12-27(23(17-26)18-33)37-13-15-38(16-14-37)29(21-3-7-24(31)8-4-21)22-5-9-25(32)10-6-22/h3-12,17,29H,13-16H2,1-2H3,(H2,34,35,39). The van der Waals surface area contributed by atoms with E-state index in [-0.39, 0.29) is 17.7 Å². The van der Waals surface area contributed by atoms with Crippen LogP contribution in [0.4, 0.5) is 30.6 Å². The highest BCUT2D eigenvalue weighted by molar-refractivity contribution is 6.00. The number of urea groups is 1. The number of hydrogen-bond acceptors (Lipinski definition) is 6. The van der Waals surface area contributed by atoms with Crippen LogP contribution < -0.4 is 15.5 Å². The van der Waals surface area contributed by atoms with Gasteiger partial charge in [-0.25, -0.2) is 13.6 Å². The Kier molecular flexibility index (Phi) is 7.75. The highest BCUT2D eigenvalue weighted by Crippen LogP contribution is 2.32. The number of aryl methyl sites for hydroxylation is 2. The van der Waals surface area contributed by atoms with E-state index in [2.05, 4.69) is 31.7 Å². The lowest BCUT2D eigenvalue weighted by Gasteiger charge is -2.41. The fraction of sp³-hybridized carbons (Fsp3) is 0.233. The van der Waals surface area contributed by atoms with Crippen LogP contribution >= 0.6 is 0 Å². The van der Waals surface area contributed by atoms with Gasteiger partial charge in [-0.1, -0.05) is 29.4 Å². The molecule has 10 heteroatoms. The van der Waals surface area contributed by atoms with Crippen molar-refractivity contribution in [1.82, 2.24) is 10.1 Å². The first kappa shape index (κ1) is 26.8. The molecule has 1 fully saturated rings. The van der Waals surface area contributed by atoms with Crippen molar-refractivity contribution in [2.45, 2.75) is 19.9 Å². The maximum Gasteiger partial charge on any atom is 0.323 e. The van der Waals surface area contributed by atoms with Crippen LogP contribution in [0.3, 0.4) is 0 Å². The largest absolute Gasteiger partial charge is 0.368 e. The molecular weight excluding hydrogens is 514 g/mol. The van der Waals surface area contributed by atoms with Gasteiger partial charge in [0.15, 0.2) is 5.76 Å². The minimum Gasteiger partial charge on any atom is -0.368 e. The van der Waals surface area contributed by atoms with Crippen LogP contribution in [-0.4, -0.2) is 42.3 Å². The van der Waals surface area contributed by atoms with Gasteiger partial charge in [-0.2, -0.15) is 5.26 Å². The maximum absolute atomic E-state index is 13.6. The molecule has 2 heterocycles. The predicted octanol–water partition coefficient (Wildman–Crippen LogP) is 6.00. The van der Waals surface area contributed by atoms with E-state index < -0.39 is 6.03 Å². The number of amides is 2. The number of hydrogen-bond donors (Lipinski definition) is 2. The van der Waals surface area contributed by atoms with Gasteiger partial charge in [-0.15, -0.1) is 0 Å². The quantitative estimate of drug-likeness (QED) is 0.310. The van der Waals surface area contributed by atoms with Crippen molar-refractivity contribution in [2.75, 3.05) is 41.7 Å². The molecule has 0 spiro atoms. The Morgan fingerprint density at radius 3 is 2.05 bits per heavy atom. The summed E-state index contributed by atoms with van der Waals surface area (Å²) < 4.78 is 32.4. The van der Waals surface area contributed by atoms with Crippen molar-refractivity contribution >= 4 is 23.1 Å². The number of nitrogens with zero attached hydrogens (tertiary/aromatic N) is 4. The summed E-state index contributed by atoms with van der Waals surface area (Å²) in [5.74, 6) is -0.120. The number of benzene rings is 3. The normalized spacial score (nSPS) is 13.8.